The van der Waals surface area contributed by atoms with E-state index in [1.165, 1.54) is 23.5 Å². The number of thiophene rings is 1. The Morgan fingerprint density at radius 2 is 2.07 bits per heavy atom. The molecule has 2 aromatic heterocycles. The van der Waals surface area contributed by atoms with Gasteiger partial charge in [-0.2, -0.15) is 0 Å². The van der Waals surface area contributed by atoms with Crippen LogP contribution in [0.4, 0.5) is 4.39 Å². The minimum atomic E-state index is -0.321. The van der Waals surface area contributed by atoms with Gasteiger partial charge in [-0.05, 0) is 31.2 Å². The van der Waals surface area contributed by atoms with Crippen LogP contribution in [0.1, 0.15) is 19.2 Å². The Bertz CT molecular complexity index is 997. The van der Waals surface area contributed by atoms with Crippen molar-refractivity contribution in [2.24, 2.45) is 0 Å². The molecule has 0 aliphatic rings. The predicted octanol–water partition coefficient (Wildman–Crippen LogP) is 2.75. The van der Waals surface area contributed by atoms with Gasteiger partial charge in [0.25, 0.3) is 5.56 Å². The van der Waals surface area contributed by atoms with Crippen LogP contribution in [-0.4, -0.2) is 40.9 Å². The molecule has 0 saturated carbocycles. The third kappa shape index (κ3) is 4.58. The summed E-state index contributed by atoms with van der Waals surface area (Å²) in [5.74, 6) is 0.127. The lowest BCUT2D eigenvalue weighted by Crippen LogP contribution is -2.35. The van der Waals surface area contributed by atoms with Crippen molar-refractivity contribution < 1.29 is 9.18 Å². The number of aromatic amines is 1. The Balaban J connectivity index is 1.81. The fourth-order valence-electron chi connectivity index (χ4n) is 2.79. The van der Waals surface area contributed by atoms with Crippen LogP contribution in [0, 0.1) is 5.82 Å². The van der Waals surface area contributed by atoms with Gasteiger partial charge < -0.3 is 10.3 Å². The molecule has 8 heteroatoms. The summed E-state index contributed by atoms with van der Waals surface area (Å²) in [6.07, 6.45) is 0.885. The van der Waals surface area contributed by atoms with Gasteiger partial charge >= 0.3 is 0 Å². The molecule has 0 bridgehead atoms. The van der Waals surface area contributed by atoms with Crippen LogP contribution in [0.15, 0.2) is 34.4 Å². The van der Waals surface area contributed by atoms with Crippen molar-refractivity contribution in [3.8, 4) is 11.1 Å². The minimum Gasteiger partial charge on any atom is -0.355 e. The highest BCUT2D eigenvalue weighted by atomic mass is 32.1. The Labute approximate surface area is 160 Å². The lowest BCUT2D eigenvalue weighted by molar-refractivity contribution is -0.122. The van der Waals surface area contributed by atoms with E-state index in [9.17, 15) is 14.0 Å². The summed E-state index contributed by atoms with van der Waals surface area (Å²) in [6.45, 7) is 3.23. The average molecular weight is 388 g/mol. The zero-order valence-electron chi connectivity index (χ0n) is 15.2. The molecule has 142 valence electrons. The second kappa shape index (κ2) is 8.41. The van der Waals surface area contributed by atoms with Crippen molar-refractivity contribution in [1.29, 1.82) is 0 Å². The number of benzene rings is 1. The number of H-pyrrole nitrogens is 1. The van der Waals surface area contributed by atoms with Crippen LogP contribution in [-0.2, 0) is 11.3 Å². The van der Waals surface area contributed by atoms with Crippen LogP contribution in [0.5, 0.6) is 0 Å². The lowest BCUT2D eigenvalue weighted by Gasteiger charge is -2.15. The number of nitrogens with one attached hydrogen (secondary N) is 2. The number of halogens is 1. The Morgan fingerprint density at radius 1 is 1.33 bits per heavy atom. The van der Waals surface area contributed by atoms with Crippen molar-refractivity contribution in [3.63, 3.8) is 0 Å². The monoisotopic (exact) mass is 388 g/mol. The van der Waals surface area contributed by atoms with Gasteiger partial charge in [0.1, 0.15) is 16.5 Å². The number of carbonyl (C=O) groups is 1. The highest BCUT2D eigenvalue weighted by Gasteiger charge is 2.14. The van der Waals surface area contributed by atoms with Gasteiger partial charge in [-0.25, -0.2) is 9.37 Å². The predicted molar refractivity (Wildman–Crippen MR) is 105 cm³/mol. The van der Waals surface area contributed by atoms with Crippen molar-refractivity contribution >= 4 is 27.5 Å². The van der Waals surface area contributed by atoms with Crippen LogP contribution < -0.4 is 10.9 Å². The maximum absolute atomic E-state index is 13.1. The summed E-state index contributed by atoms with van der Waals surface area (Å²) in [5.41, 5.74) is 1.27. The maximum Gasteiger partial charge on any atom is 0.260 e. The van der Waals surface area contributed by atoms with Gasteiger partial charge in [-0.15, -0.1) is 11.3 Å². The molecule has 0 saturated heterocycles. The first kappa shape index (κ1) is 19.2. The normalized spacial score (nSPS) is 11.3. The van der Waals surface area contributed by atoms with Crippen molar-refractivity contribution in [3.05, 3.63) is 51.6 Å². The molecule has 1 amide bonds. The first-order valence-corrected chi connectivity index (χ1v) is 9.57. The van der Waals surface area contributed by atoms with E-state index in [-0.39, 0.29) is 23.8 Å². The third-order valence-electron chi connectivity index (χ3n) is 4.05. The highest BCUT2D eigenvalue weighted by Crippen LogP contribution is 2.30. The topological polar surface area (TPSA) is 78.1 Å². The fraction of sp³-hybridized carbons (Fsp3) is 0.316. The second-order valence-corrected chi connectivity index (χ2v) is 7.23. The molecule has 6 nitrogen and oxygen atoms in total. The molecule has 0 aliphatic carbocycles. The van der Waals surface area contributed by atoms with E-state index in [1.807, 2.05) is 12.3 Å². The Hall–Kier alpha value is -2.58. The van der Waals surface area contributed by atoms with Gasteiger partial charge in [0.05, 0.1) is 18.5 Å². The molecule has 2 heterocycles. The number of likely N-dealkylation sites (N-methyl/N-ethyl adjacent to an activating group) is 1. The molecule has 0 unspecified atom stereocenters. The SMILES string of the molecule is CCCNC(=O)CN(C)Cc1nc2scc(-c3ccc(F)cc3)c2c(=O)[nH]1. The second-order valence-electron chi connectivity index (χ2n) is 6.37. The number of hydrogen-bond acceptors (Lipinski definition) is 5. The Kier molecular flexibility index (Phi) is 5.98. The van der Waals surface area contributed by atoms with Crippen LogP contribution in [0.3, 0.4) is 0 Å². The standard InChI is InChI=1S/C19H21FN4O2S/c1-3-8-21-16(25)10-24(2)9-15-22-18(26)17-14(11-27-19(17)23-15)12-4-6-13(20)7-5-12/h4-7,11H,3,8-10H2,1-2H3,(H,21,25)(H,22,23,26). The molecule has 0 fully saturated rings. The maximum atomic E-state index is 13.1. The Morgan fingerprint density at radius 3 is 2.78 bits per heavy atom. The average Bonchev–Trinajstić information content (AvgIpc) is 3.05. The minimum absolute atomic E-state index is 0.0579. The molecular weight excluding hydrogens is 367 g/mol. The number of hydrogen-bond donors (Lipinski definition) is 2. The summed E-state index contributed by atoms with van der Waals surface area (Å²) in [5, 5.41) is 5.17. The van der Waals surface area contributed by atoms with E-state index in [0.29, 0.717) is 29.1 Å². The molecule has 27 heavy (non-hydrogen) atoms. The molecular formula is C19H21FN4O2S. The number of carbonyl (C=O) groups excluding carboxylic acids is 1. The molecule has 0 radical (unpaired) electrons. The number of fused-ring (bicyclic) bond motifs is 1. The number of aromatic nitrogens is 2. The molecule has 0 atom stereocenters. The van der Waals surface area contributed by atoms with E-state index >= 15 is 0 Å². The fourth-order valence-corrected chi connectivity index (χ4v) is 3.75. The molecule has 3 aromatic rings. The molecule has 0 spiro atoms. The molecule has 1 aromatic carbocycles. The van der Waals surface area contributed by atoms with E-state index in [1.54, 1.807) is 24.1 Å². The molecule has 0 aliphatic heterocycles. The van der Waals surface area contributed by atoms with Gasteiger partial charge in [0.2, 0.25) is 5.91 Å². The van der Waals surface area contributed by atoms with Crippen molar-refractivity contribution in [2.45, 2.75) is 19.9 Å². The lowest BCUT2D eigenvalue weighted by atomic mass is 10.1. The first-order valence-electron chi connectivity index (χ1n) is 8.69. The summed E-state index contributed by atoms with van der Waals surface area (Å²) in [7, 11) is 1.80. The van der Waals surface area contributed by atoms with Crippen molar-refractivity contribution in [2.75, 3.05) is 20.1 Å². The summed E-state index contributed by atoms with van der Waals surface area (Å²) in [4.78, 5) is 34.1. The van der Waals surface area contributed by atoms with E-state index in [0.717, 1.165) is 17.5 Å². The van der Waals surface area contributed by atoms with Crippen LogP contribution in [0.25, 0.3) is 21.3 Å². The zero-order chi connectivity index (χ0) is 19.4. The molecule has 2 N–H and O–H groups in total. The zero-order valence-corrected chi connectivity index (χ0v) is 16.0. The van der Waals surface area contributed by atoms with Crippen LogP contribution >= 0.6 is 11.3 Å². The van der Waals surface area contributed by atoms with Crippen molar-refractivity contribution in [1.82, 2.24) is 20.2 Å². The number of nitrogens with zero attached hydrogens (tertiary/aromatic N) is 2. The highest BCUT2D eigenvalue weighted by molar-refractivity contribution is 7.17. The largest absolute Gasteiger partial charge is 0.355 e. The number of amides is 1. The van der Waals surface area contributed by atoms with E-state index in [4.69, 9.17) is 0 Å². The van der Waals surface area contributed by atoms with Gasteiger partial charge in [0.15, 0.2) is 0 Å². The third-order valence-corrected chi connectivity index (χ3v) is 4.93. The first-order chi connectivity index (χ1) is 13.0. The van der Waals surface area contributed by atoms with E-state index in [2.05, 4.69) is 15.3 Å². The quantitative estimate of drug-likeness (QED) is 0.652. The summed E-state index contributed by atoms with van der Waals surface area (Å²) < 4.78 is 13.1. The van der Waals surface area contributed by atoms with Crippen LogP contribution in [0.2, 0.25) is 0 Å². The van der Waals surface area contributed by atoms with E-state index < -0.39 is 0 Å². The smallest absolute Gasteiger partial charge is 0.260 e. The number of rotatable bonds is 7. The molecule has 3 rings (SSSR count). The van der Waals surface area contributed by atoms with Gasteiger partial charge in [-0.3, -0.25) is 14.5 Å². The summed E-state index contributed by atoms with van der Waals surface area (Å²) in [6, 6.07) is 6.03. The van der Waals surface area contributed by atoms with Gasteiger partial charge in [-0.1, -0.05) is 19.1 Å². The summed E-state index contributed by atoms with van der Waals surface area (Å²) >= 11 is 1.37. The van der Waals surface area contributed by atoms with Gasteiger partial charge in [0, 0.05) is 17.5 Å².